The lowest BCUT2D eigenvalue weighted by Gasteiger charge is -2.57. The highest BCUT2D eigenvalue weighted by Gasteiger charge is 2.51. The van der Waals surface area contributed by atoms with Crippen molar-refractivity contribution in [2.24, 2.45) is 17.3 Å². The van der Waals surface area contributed by atoms with Crippen molar-refractivity contribution in [3.8, 4) is 5.75 Å². The second-order valence-electron chi connectivity index (χ2n) is 12.1. The Hall–Kier alpha value is -3.53. The van der Waals surface area contributed by atoms with E-state index < -0.39 is 11.7 Å². The number of rotatable bonds is 8. The molecule has 10 heteroatoms. The lowest BCUT2D eigenvalue weighted by molar-refractivity contribution is -0.137. The largest absolute Gasteiger partial charge is 0.497 e. The number of halogens is 3. The van der Waals surface area contributed by atoms with Gasteiger partial charge in [0, 0.05) is 57.1 Å². The summed E-state index contributed by atoms with van der Waals surface area (Å²) in [6.07, 6.45) is -0.0143. The van der Waals surface area contributed by atoms with Gasteiger partial charge >= 0.3 is 12.2 Å². The number of carbonyl (C=O) groups is 2. The van der Waals surface area contributed by atoms with Gasteiger partial charge in [0.2, 0.25) is 0 Å². The molecule has 2 atom stereocenters. The first-order valence-electron chi connectivity index (χ1n) is 14.5. The number of hydrogen-bond acceptors (Lipinski definition) is 4. The lowest BCUT2D eigenvalue weighted by Crippen LogP contribution is -2.52. The molecule has 4 aliphatic rings. The van der Waals surface area contributed by atoms with Crippen molar-refractivity contribution in [2.75, 3.05) is 58.2 Å². The van der Waals surface area contributed by atoms with E-state index >= 15 is 0 Å². The Labute approximate surface area is 245 Å². The highest BCUT2D eigenvalue weighted by molar-refractivity contribution is 5.94. The van der Waals surface area contributed by atoms with E-state index in [9.17, 15) is 22.8 Å². The fraction of sp³-hybridized carbons (Fsp3) is 0.500. The van der Waals surface area contributed by atoms with Crippen LogP contribution in [0.5, 0.6) is 5.75 Å². The van der Waals surface area contributed by atoms with Crippen LogP contribution in [0.25, 0.3) is 0 Å². The van der Waals surface area contributed by atoms with E-state index in [4.69, 9.17) is 4.74 Å². The molecule has 3 aliphatic carbocycles. The molecule has 3 amide bonds. The van der Waals surface area contributed by atoms with Crippen LogP contribution in [0, 0.1) is 17.3 Å². The molecule has 0 radical (unpaired) electrons. The number of carbonyl (C=O) groups excluding carboxylic acids is 2. The van der Waals surface area contributed by atoms with Crippen LogP contribution < -0.4 is 10.1 Å². The highest BCUT2D eigenvalue weighted by Crippen LogP contribution is 2.59. The van der Waals surface area contributed by atoms with Crippen LogP contribution in [-0.4, -0.2) is 79.6 Å². The van der Waals surface area contributed by atoms with Gasteiger partial charge in [-0.3, -0.25) is 9.69 Å². The first-order chi connectivity index (χ1) is 20.0. The van der Waals surface area contributed by atoms with Gasteiger partial charge in [-0.2, -0.15) is 13.2 Å². The quantitative estimate of drug-likeness (QED) is 0.387. The van der Waals surface area contributed by atoms with Gasteiger partial charge < -0.3 is 19.9 Å². The van der Waals surface area contributed by atoms with Gasteiger partial charge in [-0.25, -0.2) is 4.79 Å². The highest BCUT2D eigenvalue weighted by atomic mass is 19.4. The molecule has 226 valence electrons. The summed E-state index contributed by atoms with van der Waals surface area (Å²) < 4.78 is 44.2. The Bertz CT molecular complexity index is 1300. The summed E-state index contributed by atoms with van der Waals surface area (Å²) in [7, 11) is 1.59. The molecule has 0 spiro atoms. The van der Waals surface area contributed by atoms with Gasteiger partial charge in [-0.15, -0.1) is 0 Å². The Morgan fingerprint density at radius 2 is 1.69 bits per heavy atom. The van der Waals surface area contributed by atoms with Crippen molar-refractivity contribution in [3.63, 3.8) is 0 Å². The number of alkyl halides is 3. The monoisotopic (exact) mass is 584 g/mol. The molecule has 2 fully saturated rings. The first kappa shape index (κ1) is 29.9. The van der Waals surface area contributed by atoms with Crippen molar-refractivity contribution in [1.82, 2.24) is 14.7 Å². The number of fused-ring (bicyclic) bond motifs is 1. The molecule has 2 bridgehead atoms. The van der Waals surface area contributed by atoms with E-state index in [1.165, 1.54) is 17.7 Å². The standard InChI is InChI=1S/C32H39F3N4O3/c1-31(2)25-7-4-23(28(31)20-25)21-39(30(41)36-26-10-8-24(9-11-26)32(33,34)35)19-16-37-14-17-38(18-15-37)29(40)22-5-12-27(42-3)13-6-22/h4-6,8-13,25,28H,7,14-21H2,1-3H3,(H,36,41). The second-order valence-corrected chi connectivity index (χ2v) is 12.1. The number of anilines is 1. The third-order valence-electron chi connectivity index (χ3n) is 9.39. The molecule has 1 aliphatic heterocycles. The number of nitrogens with zero attached hydrogens (tertiary/aromatic N) is 3. The summed E-state index contributed by atoms with van der Waals surface area (Å²) in [4.78, 5) is 32.3. The Kier molecular flexibility index (Phi) is 8.55. The maximum Gasteiger partial charge on any atom is 0.416 e. The van der Waals surface area contributed by atoms with E-state index in [0.717, 1.165) is 25.0 Å². The summed E-state index contributed by atoms with van der Waals surface area (Å²) in [5, 5.41) is 2.81. The number of urea groups is 1. The van der Waals surface area contributed by atoms with Gasteiger partial charge in [-0.1, -0.05) is 25.5 Å². The summed E-state index contributed by atoms with van der Waals surface area (Å²) in [5.74, 6) is 1.80. The van der Waals surface area contributed by atoms with Crippen molar-refractivity contribution in [3.05, 3.63) is 71.3 Å². The number of ether oxygens (including phenoxy) is 1. The number of amides is 3. The molecular formula is C32H39F3N4O3. The number of methoxy groups -OCH3 is 1. The minimum absolute atomic E-state index is 0.0134. The molecule has 7 nitrogen and oxygen atoms in total. The van der Waals surface area contributed by atoms with Gasteiger partial charge in [-0.05, 0) is 78.6 Å². The molecule has 0 aromatic heterocycles. The van der Waals surface area contributed by atoms with Crippen molar-refractivity contribution >= 4 is 17.6 Å². The predicted molar refractivity (Wildman–Crippen MR) is 155 cm³/mol. The third kappa shape index (κ3) is 6.43. The topological polar surface area (TPSA) is 65.1 Å². The van der Waals surface area contributed by atoms with E-state index in [1.54, 1.807) is 36.3 Å². The van der Waals surface area contributed by atoms with Crippen LogP contribution in [0.2, 0.25) is 0 Å². The van der Waals surface area contributed by atoms with Gasteiger partial charge in [0.05, 0.1) is 12.7 Å². The summed E-state index contributed by atoms with van der Waals surface area (Å²) >= 11 is 0. The number of allylic oxidation sites excluding steroid dienone is 1. The lowest BCUT2D eigenvalue weighted by atomic mass is 9.49. The molecule has 42 heavy (non-hydrogen) atoms. The average molecular weight is 585 g/mol. The molecule has 2 aromatic carbocycles. The fourth-order valence-electron chi connectivity index (χ4n) is 6.43. The molecule has 2 aromatic rings. The third-order valence-corrected chi connectivity index (χ3v) is 9.39. The summed E-state index contributed by atoms with van der Waals surface area (Å²) in [6, 6.07) is 11.3. The zero-order valence-corrected chi connectivity index (χ0v) is 24.4. The van der Waals surface area contributed by atoms with Crippen LogP contribution in [0.4, 0.5) is 23.7 Å². The van der Waals surface area contributed by atoms with E-state index in [0.29, 0.717) is 74.6 Å². The van der Waals surface area contributed by atoms with E-state index in [1.807, 2.05) is 4.90 Å². The van der Waals surface area contributed by atoms with Crippen LogP contribution in [0.3, 0.4) is 0 Å². The maximum atomic E-state index is 13.5. The number of benzene rings is 2. The Morgan fingerprint density at radius 1 is 1.02 bits per heavy atom. The smallest absolute Gasteiger partial charge is 0.416 e. The Balaban J connectivity index is 1.20. The maximum absolute atomic E-state index is 13.5. The molecule has 1 heterocycles. The van der Waals surface area contributed by atoms with Crippen LogP contribution in [0.1, 0.15) is 42.6 Å². The molecule has 1 saturated heterocycles. The fourth-order valence-corrected chi connectivity index (χ4v) is 6.43. The summed E-state index contributed by atoms with van der Waals surface area (Å²) in [6.45, 7) is 8.73. The average Bonchev–Trinajstić information content (AvgIpc) is 2.99. The summed E-state index contributed by atoms with van der Waals surface area (Å²) in [5.41, 5.74) is 1.67. The van der Waals surface area contributed by atoms with Crippen LogP contribution >= 0.6 is 0 Å². The normalized spacial score (nSPS) is 21.7. The predicted octanol–water partition coefficient (Wildman–Crippen LogP) is 6.00. The second kappa shape index (κ2) is 12.0. The Morgan fingerprint density at radius 3 is 2.26 bits per heavy atom. The number of nitrogens with one attached hydrogen (secondary N) is 1. The van der Waals surface area contributed by atoms with Gasteiger partial charge in [0.1, 0.15) is 5.75 Å². The van der Waals surface area contributed by atoms with E-state index in [2.05, 4.69) is 30.1 Å². The van der Waals surface area contributed by atoms with Crippen LogP contribution in [0.15, 0.2) is 60.2 Å². The SMILES string of the molecule is COc1ccc(C(=O)N2CCN(CCN(CC3=CCC4CC3C4(C)C)C(=O)Nc3ccc(C(F)(F)F)cc3)CC2)cc1. The molecule has 6 rings (SSSR count). The van der Waals surface area contributed by atoms with Crippen molar-refractivity contribution in [2.45, 2.75) is 32.9 Å². The number of hydrogen-bond donors (Lipinski definition) is 1. The zero-order valence-electron chi connectivity index (χ0n) is 24.4. The molecule has 1 N–H and O–H groups in total. The molecular weight excluding hydrogens is 545 g/mol. The first-order valence-corrected chi connectivity index (χ1v) is 14.5. The number of piperazine rings is 1. The van der Waals surface area contributed by atoms with Crippen molar-refractivity contribution in [1.29, 1.82) is 0 Å². The van der Waals surface area contributed by atoms with E-state index in [-0.39, 0.29) is 17.4 Å². The van der Waals surface area contributed by atoms with Crippen molar-refractivity contribution < 1.29 is 27.5 Å². The molecule has 1 saturated carbocycles. The minimum atomic E-state index is -4.43. The van der Waals surface area contributed by atoms with Gasteiger partial charge in [0.25, 0.3) is 5.91 Å². The van der Waals surface area contributed by atoms with Crippen LogP contribution in [-0.2, 0) is 6.18 Å². The van der Waals surface area contributed by atoms with Gasteiger partial charge in [0.15, 0.2) is 0 Å². The molecule has 2 unspecified atom stereocenters. The zero-order chi connectivity index (χ0) is 30.1. The minimum Gasteiger partial charge on any atom is -0.497 e.